The minimum Gasteiger partial charge on any atom is -0.504 e. The maximum absolute atomic E-state index is 15.6. The summed E-state index contributed by atoms with van der Waals surface area (Å²) < 4.78 is 73.4. The van der Waals surface area contributed by atoms with Gasteiger partial charge in [0.25, 0.3) is 11.0 Å². The Hall–Kier alpha value is -5.55. The number of carbonyl (C=O) groups is 1. The Kier molecular flexibility index (Phi) is 8.88. The maximum atomic E-state index is 15.6. The van der Waals surface area contributed by atoms with Crippen LogP contribution in [0.15, 0.2) is 70.0 Å². The highest BCUT2D eigenvalue weighted by atomic mass is 32.2. The van der Waals surface area contributed by atoms with Gasteiger partial charge in [-0.05, 0) is 50.4 Å². The van der Waals surface area contributed by atoms with Crippen LogP contribution in [0.4, 0.5) is 8.78 Å². The van der Waals surface area contributed by atoms with Crippen molar-refractivity contribution in [3.8, 4) is 28.9 Å². The van der Waals surface area contributed by atoms with Gasteiger partial charge < -0.3 is 25.1 Å². The summed E-state index contributed by atoms with van der Waals surface area (Å²) in [7, 11) is -2.65. The van der Waals surface area contributed by atoms with Gasteiger partial charge in [-0.2, -0.15) is 4.39 Å². The number of nitrogens with one attached hydrogen (secondary N) is 1. The zero-order valence-corrected chi connectivity index (χ0v) is 25.0. The third-order valence-corrected chi connectivity index (χ3v) is 8.14. The Labute approximate surface area is 260 Å². The molecule has 0 bridgehead atoms. The first-order valence-electron chi connectivity index (χ1n) is 13.4. The van der Waals surface area contributed by atoms with Crippen molar-refractivity contribution in [2.24, 2.45) is 10.7 Å². The van der Waals surface area contributed by atoms with Gasteiger partial charge in [-0.1, -0.05) is 0 Å². The molecule has 0 radical (unpaired) electrons. The molecule has 2 aromatic heterocycles. The van der Waals surface area contributed by atoms with Crippen LogP contribution in [0.1, 0.15) is 34.6 Å². The van der Waals surface area contributed by atoms with Crippen LogP contribution in [0.2, 0.25) is 0 Å². The van der Waals surface area contributed by atoms with Gasteiger partial charge in [0.2, 0.25) is 21.4 Å². The van der Waals surface area contributed by atoms with E-state index >= 15 is 4.39 Å². The number of sulfone groups is 1. The number of nitrogen functional groups attached to an aromatic ring is 1. The Bertz CT molecular complexity index is 1980. The van der Waals surface area contributed by atoms with Crippen molar-refractivity contribution in [1.29, 1.82) is 5.41 Å². The quantitative estimate of drug-likeness (QED) is 0.0969. The molecule has 0 fully saturated rings. The van der Waals surface area contributed by atoms with Crippen LogP contribution in [-0.2, 0) is 14.6 Å². The summed E-state index contributed by atoms with van der Waals surface area (Å²) in [5.41, 5.74) is 5.72. The largest absolute Gasteiger partial charge is 0.504 e. The second kappa shape index (κ2) is 12.8. The number of aromatic hydroxyl groups is 1. The van der Waals surface area contributed by atoms with Crippen molar-refractivity contribution < 1.29 is 41.3 Å². The molecule has 1 aliphatic rings. The number of ether oxygens (including phenoxy) is 3. The second-order valence-corrected chi connectivity index (χ2v) is 11.5. The Morgan fingerprint density at radius 2 is 1.80 bits per heavy atom. The fourth-order valence-electron chi connectivity index (χ4n) is 4.25. The van der Waals surface area contributed by atoms with E-state index in [-0.39, 0.29) is 45.5 Å². The number of rotatable bonds is 10. The van der Waals surface area contributed by atoms with E-state index in [2.05, 4.69) is 19.9 Å². The van der Waals surface area contributed by atoms with Gasteiger partial charge >= 0.3 is 5.97 Å². The number of aromatic nitrogens is 3. The van der Waals surface area contributed by atoms with Crippen molar-refractivity contribution in [3.63, 3.8) is 0 Å². The first-order chi connectivity index (χ1) is 21.9. The number of nitrogens with two attached hydrogens (primary N) is 1. The lowest BCUT2D eigenvalue weighted by molar-refractivity contribution is 0.0525. The average Bonchev–Trinajstić information content (AvgIpc) is 3.47. The van der Waals surface area contributed by atoms with Gasteiger partial charge in [0.05, 0.1) is 23.3 Å². The van der Waals surface area contributed by atoms with Crippen molar-refractivity contribution in [1.82, 2.24) is 19.9 Å². The van der Waals surface area contributed by atoms with Crippen LogP contribution in [0.3, 0.4) is 0 Å². The van der Waals surface area contributed by atoms with E-state index in [0.29, 0.717) is 12.7 Å². The van der Waals surface area contributed by atoms with E-state index < -0.39 is 56.1 Å². The fourth-order valence-corrected chi connectivity index (χ4v) is 5.37. The van der Waals surface area contributed by atoms with E-state index in [4.69, 9.17) is 25.4 Å². The number of phenolic OH excluding ortho intramolecular Hbond substituents is 1. The molecule has 14 nitrogen and oxygen atoms in total. The molecule has 0 spiro atoms. The number of halogens is 2. The van der Waals surface area contributed by atoms with Gasteiger partial charge in [-0.3, -0.25) is 15.3 Å². The maximum Gasteiger partial charge on any atom is 0.341 e. The lowest BCUT2D eigenvalue weighted by Gasteiger charge is -2.22. The Morgan fingerprint density at radius 3 is 2.46 bits per heavy atom. The standard InChI is InChI=1S/C29H25F2N7O7S/c1-3-43-28(40)16-12-36-29(37-13-16)46(41,42)17-5-7-21(18(11-17)26-34-8-9-38(26)2)44-24-19(30)14-35-27(23(24)31)45-22-10-15(25(32)33)4-6-20(22)39/h4-8,10-14,26,39H,3,9H2,1-2H3,(H3,32,33). The molecule has 0 saturated heterocycles. The predicted molar refractivity (Wildman–Crippen MR) is 157 cm³/mol. The fraction of sp³-hybridized carbons (Fsp3) is 0.172. The first-order valence-corrected chi connectivity index (χ1v) is 14.9. The van der Waals surface area contributed by atoms with Crippen LogP contribution in [-0.4, -0.2) is 71.6 Å². The summed E-state index contributed by atoms with van der Waals surface area (Å²) in [6.07, 6.45) is 3.46. The number of carbonyl (C=O) groups excluding carboxylic acids is 1. The minimum absolute atomic E-state index is 0.0429. The zero-order valence-electron chi connectivity index (χ0n) is 24.1. The SMILES string of the molecule is CCOC(=O)c1cnc(S(=O)(=O)c2ccc(Oc3c(F)cnc(Oc4cc(C(=N)N)ccc4O)c3F)c(C3N=CCN3C)c2)nc1. The minimum atomic E-state index is -4.35. The monoisotopic (exact) mass is 653 g/mol. The number of hydrogen-bond donors (Lipinski definition) is 3. The summed E-state index contributed by atoms with van der Waals surface area (Å²) in [5.74, 6) is -6.27. The third kappa shape index (κ3) is 6.31. The second-order valence-electron chi connectivity index (χ2n) is 9.68. The molecule has 4 N–H and O–H groups in total. The van der Waals surface area contributed by atoms with Crippen LogP contribution in [0.25, 0.3) is 0 Å². The molecule has 1 atom stereocenters. The highest BCUT2D eigenvalue weighted by Crippen LogP contribution is 2.40. The van der Waals surface area contributed by atoms with E-state index in [9.17, 15) is 22.7 Å². The predicted octanol–water partition coefficient (Wildman–Crippen LogP) is 3.75. The lowest BCUT2D eigenvalue weighted by Crippen LogP contribution is -2.20. The molecule has 0 amide bonds. The number of hydrogen-bond acceptors (Lipinski definition) is 13. The summed E-state index contributed by atoms with van der Waals surface area (Å²) in [4.78, 5) is 29.0. The third-order valence-electron chi connectivity index (χ3n) is 6.57. The molecule has 3 heterocycles. The average molecular weight is 654 g/mol. The lowest BCUT2D eigenvalue weighted by atomic mass is 10.1. The summed E-state index contributed by atoms with van der Waals surface area (Å²) >= 11 is 0. The molecule has 17 heteroatoms. The topological polar surface area (TPSA) is 203 Å². The number of nitrogens with zero attached hydrogens (tertiary/aromatic N) is 5. The van der Waals surface area contributed by atoms with E-state index in [1.165, 1.54) is 30.3 Å². The van der Waals surface area contributed by atoms with Crippen LogP contribution < -0.4 is 15.2 Å². The molecule has 1 aliphatic heterocycles. The van der Waals surface area contributed by atoms with E-state index in [1.54, 1.807) is 25.1 Å². The van der Waals surface area contributed by atoms with Crippen molar-refractivity contribution >= 4 is 27.9 Å². The Balaban J connectivity index is 1.52. The highest BCUT2D eigenvalue weighted by Gasteiger charge is 2.30. The molecule has 4 aromatic rings. The highest BCUT2D eigenvalue weighted by molar-refractivity contribution is 7.91. The van der Waals surface area contributed by atoms with E-state index in [0.717, 1.165) is 18.5 Å². The smallest absolute Gasteiger partial charge is 0.341 e. The van der Waals surface area contributed by atoms with Gasteiger partial charge in [-0.25, -0.2) is 32.6 Å². The molecule has 46 heavy (non-hydrogen) atoms. The normalized spacial score (nSPS) is 14.7. The summed E-state index contributed by atoms with van der Waals surface area (Å²) in [6, 6.07) is 7.23. The molecule has 1 unspecified atom stereocenters. The molecule has 2 aromatic carbocycles. The van der Waals surface area contributed by atoms with Gasteiger partial charge in [0.1, 0.15) is 17.8 Å². The zero-order chi connectivity index (χ0) is 33.2. The van der Waals surface area contributed by atoms with Gasteiger partial charge in [-0.15, -0.1) is 0 Å². The summed E-state index contributed by atoms with van der Waals surface area (Å²) in [5, 5.41) is 17.1. The van der Waals surface area contributed by atoms with Gasteiger partial charge in [0.15, 0.2) is 17.3 Å². The molecule has 0 saturated carbocycles. The molecule has 5 rings (SSSR count). The summed E-state index contributed by atoms with van der Waals surface area (Å²) in [6.45, 7) is 2.10. The Morgan fingerprint density at radius 1 is 1.07 bits per heavy atom. The van der Waals surface area contributed by atoms with Crippen LogP contribution >= 0.6 is 0 Å². The van der Waals surface area contributed by atoms with Gasteiger partial charge in [0, 0.05) is 36.3 Å². The number of benzene rings is 2. The van der Waals surface area contributed by atoms with Crippen molar-refractivity contribution in [3.05, 3.63) is 83.3 Å². The van der Waals surface area contributed by atoms with Crippen molar-refractivity contribution in [2.45, 2.75) is 23.1 Å². The van der Waals surface area contributed by atoms with E-state index in [1.807, 2.05) is 0 Å². The first kappa shape index (κ1) is 31.9. The number of aliphatic imine (C=N–C) groups is 1. The number of phenols is 1. The molecular formula is C29H25F2N7O7S. The number of pyridine rings is 1. The van der Waals surface area contributed by atoms with Crippen LogP contribution in [0.5, 0.6) is 28.9 Å². The van der Waals surface area contributed by atoms with Crippen LogP contribution in [0, 0.1) is 17.0 Å². The molecule has 238 valence electrons. The molecule has 0 aliphatic carbocycles. The van der Waals surface area contributed by atoms with Crippen molar-refractivity contribution in [2.75, 3.05) is 20.2 Å². The molecular weight excluding hydrogens is 628 g/mol. The number of esters is 1. The number of amidine groups is 1.